The van der Waals surface area contributed by atoms with Crippen molar-refractivity contribution in [2.24, 2.45) is 0 Å². The van der Waals surface area contributed by atoms with Gasteiger partial charge in [0.25, 0.3) is 0 Å². The average Bonchev–Trinajstić information content (AvgIpc) is 2.47. The van der Waals surface area contributed by atoms with E-state index in [1.807, 2.05) is 19.1 Å². The van der Waals surface area contributed by atoms with E-state index in [0.717, 1.165) is 12.0 Å². The molecule has 0 fully saturated rings. The number of carbonyl (C=O) groups excluding carboxylic acids is 1. The van der Waals surface area contributed by atoms with Crippen molar-refractivity contribution < 1.29 is 4.79 Å². The van der Waals surface area contributed by atoms with Crippen molar-refractivity contribution in [1.29, 1.82) is 0 Å². The molecule has 3 nitrogen and oxygen atoms in total. The van der Waals surface area contributed by atoms with Crippen molar-refractivity contribution in [3.63, 3.8) is 0 Å². The van der Waals surface area contributed by atoms with Crippen LogP contribution in [0.5, 0.6) is 0 Å². The molecular weight excluding hydrogens is 284 g/mol. The van der Waals surface area contributed by atoms with Crippen molar-refractivity contribution in [1.82, 2.24) is 5.32 Å². The van der Waals surface area contributed by atoms with Crippen LogP contribution in [0.1, 0.15) is 31.0 Å². The van der Waals surface area contributed by atoms with Crippen LogP contribution in [-0.4, -0.2) is 6.03 Å². The quantitative estimate of drug-likeness (QED) is 0.838. The zero-order valence-electron chi connectivity index (χ0n) is 12.2. The predicted octanol–water partition coefficient (Wildman–Crippen LogP) is 4.79. The Morgan fingerprint density at radius 1 is 1.19 bits per heavy atom. The molecule has 0 aromatic heterocycles. The van der Waals surface area contributed by atoms with Gasteiger partial charge in [-0.15, -0.1) is 0 Å². The number of rotatable bonds is 4. The molecule has 0 bridgehead atoms. The lowest BCUT2D eigenvalue weighted by Crippen LogP contribution is -2.31. The van der Waals surface area contributed by atoms with Crippen molar-refractivity contribution in [2.45, 2.75) is 26.3 Å². The Kier molecular flexibility index (Phi) is 5.23. The highest BCUT2D eigenvalue weighted by Crippen LogP contribution is 2.16. The zero-order chi connectivity index (χ0) is 15.2. The molecule has 0 heterocycles. The third-order valence-corrected chi connectivity index (χ3v) is 3.55. The monoisotopic (exact) mass is 302 g/mol. The fraction of sp³-hybridized carbons (Fsp3) is 0.235. The molecule has 2 aromatic rings. The maximum absolute atomic E-state index is 12.0. The molecular formula is C17H19ClN2O. The van der Waals surface area contributed by atoms with Gasteiger partial charge >= 0.3 is 6.03 Å². The van der Waals surface area contributed by atoms with Crippen LogP contribution in [0, 0.1) is 0 Å². The summed E-state index contributed by atoms with van der Waals surface area (Å²) in [5.41, 5.74) is 3.04. The number of hydrogen-bond donors (Lipinski definition) is 2. The second-order valence-electron chi connectivity index (χ2n) is 4.93. The van der Waals surface area contributed by atoms with Crippen LogP contribution in [0.4, 0.5) is 10.5 Å². The van der Waals surface area contributed by atoms with Crippen LogP contribution in [0.3, 0.4) is 0 Å². The maximum Gasteiger partial charge on any atom is 0.319 e. The Balaban J connectivity index is 1.95. The van der Waals surface area contributed by atoms with Gasteiger partial charge < -0.3 is 10.6 Å². The second-order valence-corrected chi connectivity index (χ2v) is 5.36. The van der Waals surface area contributed by atoms with Crippen LogP contribution >= 0.6 is 11.6 Å². The molecule has 1 unspecified atom stereocenters. The SMILES string of the molecule is CCc1ccc(C(C)NC(=O)Nc2cccc(Cl)c2)cc1. The largest absolute Gasteiger partial charge is 0.331 e. The first-order valence-electron chi connectivity index (χ1n) is 7.00. The van der Waals surface area contributed by atoms with E-state index in [1.165, 1.54) is 5.56 Å². The number of nitrogens with one attached hydrogen (secondary N) is 2. The van der Waals surface area contributed by atoms with Crippen LogP contribution in [-0.2, 0) is 6.42 Å². The summed E-state index contributed by atoms with van der Waals surface area (Å²) in [6, 6.07) is 15.0. The lowest BCUT2D eigenvalue weighted by atomic mass is 10.1. The number of carbonyl (C=O) groups is 1. The molecule has 1 atom stereocenters. The molecule has 0 radical (unpaired) electrons. The molecule has 2 N–H and O–H groups in total. The molecule has 2 aromatic carbocycles. The van der Waals surface area contributed by atoms with Crippen molar-refractivity contribution in [2.75, 3.05) is 5.32 Å². The Labute approximate surface area is 130 Å². The summed E-state index contributed by atoms with van der Waals surface area (Å²) in [7, 11) is 0. The average molecular weight is 303 g/mol. The van der Waals surface area contributed by atoms with E-state index in [4.69, 9.17) is 11.6 Å². The minimum absolute atomic E-state index is 0.0601. The third-order valence-electron chi connectivity index (χ3n) is 3.32. The summed E-state index contributed by atoms with van der Waals surface area (Å²) in [5, 5.41) is 6.27. The summed E-state index contributed by atoms with van der Waals surface area (Å²) in [6.07, 6.45) is 1.01. The van der Waals surface area contributed by atoms with E-state index >= 15 is 0 Å². The number of halogens is 1. The van der Waals surface area contributed by atoms with Gasteiger partial charge in [-0.1, -0.05) is 48.9 Å². The highest BCUT2D eigenvalue weighted by Gasteiger charge is 2.09. The summed E-state index contributed by atoms with van der Waals surface area (Å²) in [4.78, 5) is 12.0. The minimum Gasteiger partial charge on any atom is -0.331 e. The number of hydrogen-bond acceptors (Lipinski definition) is 1. The normalized spacial score (nSPS) is 11.8. The Bertz CT molecular complexity index is 610. The van der Waals surface area contributed by atoms with Gasteiger partial charge in [-0.25, -0.2) is 4.79 Å². The summed E-state index contributed by atoms with van der Waals surface area (Å²) in [5.74, 6) is 0. The van der Waals surface area contributed by atoms with E-state index in [0.29, 0.717) is 10.7 Å². The number of aryl methyl sites for hydroxylation is 1. The van der Waals surface area contributed by atoms with Gasteiger partial charge in [0.1, 0.15) is 0 Å². The van der Waals surface area contributed by atoms with E-state index in [1.54, 1.807) is 24.3 Å². The fourth-order valence-corrected chi connectivity index (χ4v) is 2.25. The van der Waals surface area contributed by atoms with Gasteiger partial charge in [-0.2, -0.15) is 0 Å². The molecule has 0 saturated carbocycles. The molecule has 0 aliphatic carbocycles. The van der Waals surface area contributed by atoms with E-state index in [9.17, 15) is 4.79 Å². The summed E-state index contributed by atoms with van der Waals surface area (Å²) in [6.45, 7) is 4.08. The van der Waals surface area contributed by atoms with Crippen LogP contribution in [0.15, 0.2) is 48.5 Å². The lowest BCUT2D eigenvalue weighted by Gasteiger charge is -2.15. The second kappa shape index (κ2) is 7.14. The Morgan fingerprint density at radius 3 is 2.52 bits per heavy atom. The molecule has 2 amide bonds. The Hall–Kier alpha value is -2.00. The van der Waals surface area contributed by atoms with Crippen LogP contribution < -0.4 is 10.6 Å². The third kappa shape index (κ3) is 4.50. The van der Waals surface area contributed by atoms with E-state index < -0.39 is 0 Å². The summed E-state index contributed by atoms with van der Waals surface area (Å²) < 4.78 is 0. The smallest absolute Gasteiger partial charge is 0.319 e. The van der Waals surface area contributed by atoms with Gasteiger partial charge in [-0.3, -0.25) is 0 Å². The van der Waals surface area contributed by atoms with Crippen LogP contribution in [0.25, 0.3) is 0 Å². The topological polar surface area (TPSA) is 41.1 Å². The van der Waals surface area contributed by atoms with E-state index in [2.05, 4.69) is 29.7 Å². The standard InChI is InChI=1S/C17H19ClN2O/c1-3-13-7-9-14(10-8-13)12(2)19-17(21)20-16-6-4-5-15(18)11-16/h4-12H,3H2,1-2H3,(H2,19,20,21). The highest BCUT2D eigenvalue weighted by atomic mass is 35.5. The molecule has 110 valence electrons. The number of anilines is 1. The predicted molar refractivity (Wildman–Crippen MR) is 87.8 cm³/mol. The van der Waals surface area contributed by atoms with Gasteiger partial charge in [-0.05, 0) is 42.7 Å². The molecule has 0 saturated heterocycles. The Morgan fingerprint density at radius 2 is 1.90 bits per heavy atom. The first-order chi connectivity index (χ1) is 10.1. The van der Waals surface area contributed by atoms with Crippen molar-refractivity contribution in [3.05, 3.63) is 64.7 Å². The van der Waals surface area contributed by atoms with Gasteiger partial charge in [0.05, 0.1) is 6.04 Å². The lowest BCUT2D eigenvalue weighted by molar-refractivity contribution is 0.249. The molecule has 0 aliphatic heterocycles. The molecule has 4 heteroatoms. The number of urea groups is 1. The molecule has 21 heavy (non-hydrogen) atoms. The van der Waals surface area contributed by atoms with Gasteiger partial charge in [0, 0.05) is 10.7 Å². The first kappa shape index (κ1) is 15.4. The first-order valence-corrected chi connectivity index (χ1v) is 7.38. The van der Waals surface area contributed by atoms with Gasteiger partial charge in [0.15, 0.2) is 0 Å². The molecule has 0 aliphatic rings. The number of amides is 2. The maximum atomic E-state index is 12.0. The van der Waals surface area contributed by atoms with Crippen molar-refractivity contribution >= 4 is 23.3 Å². The summed E-state index contributed by atoms with van der Waals surface area (Å²) >= 11 is 5.89. The van der Waals surface area contributed by atoms with Crippen LogP contribution in [0.2, 0.25) is 5.02 Å². The van der Waals surface area contributed by atoms with E-state index in [-0.39, 0.29) is 12.1 Å². The van der Waals surface area contributed by atoms with Crippen molar-refractivity contribution in [3.8, 4) is 0 Å². The number of benzene rings is 2. The fourth-order valence-electron chi connectivity index (χ4n) is 2.06. The minimum atomic E-state index is -0.246. The zero-order valence-corrected chi connectivity index (χ0v) is 12.9. The highest BCUT2D eigenvalue weighted by molar-refractivity contribution is 6.30. The molecule has 0 spiro atoms. The van der Waals surface area contributed by atoms with Gasteiger partial charge in [0.2, 0.25) is 0 Å². The molecule has 2 rings (SSSR count).